The summed E-state index contributed by atoms with van der Waals surface area (Å²) in [6.45, 7) is 5.63. The van der Waals surface area contributed by atoms with Crippen LogP contribution in [-0.2, 0) is 4.79 Å². The van der Waals surface area contributed by atoms with E-state index in [1.807, 2.05) is 19.9 Å². The third kappa shape index (κ3) is 4.38. The monoisotopic (exact) mass is 413 g/mol. The molecule has 3 rings (SSSR count). The number of hydrogen-bond acceptors (Lipinski definition) is 7. The average molecular weight is 413 g/mol. The van der Waals surface area contributed by atoms with Gasteiger partial charge in [-0.15, -0.1) is 0 Å². The summed E-state index contributed by atoms with van der Waals surface area (Å²) < 4.78 is 0. The highest BCUT2D eigenvalue weighted by molar-refractivity contribution is 6.09. The molecule has 160 valence electrons. The number of ketones is 1. The maximum atomic E-state index is 13.6. The van der Waals surface area contributed by atoms with Crippen LogP contribution < -0.4 is 5.32 Å². The molecule has 4 N–H and O–H groups in total. The van der Waals surface area contributed by atoms with Gasteiger partial charge in [-0.2, -0.15) is 5.26 Å². The highest BCUT2D eigenvalue weighted by atomic mass is 16.4. The van der Waals surface area contributed by atoms with Crippen molar-refractivity contribution in [3.8, 4) is 6.07 Å². The molecule has 1 aliphatic carbocycles. The molecular weight excluding hydrogens is 386 g/mol. The van der Waals surface area contributed by atoms with Crippen LogP contribution in [0, 0.1) is 29.6 Å². The highest BCUT2D eigenvalue weighted by Gasteiger charge is 2.49. The molecule has 1 aromatic rings. The molecule has 0 amide bonds. The average Bonchev–Trinajstić information content (AvgIpc) is 3.40. The number of aliphatic hydroxyl groups excluding tert-OH is 2. The van der Waals surface area contributed by atoms with E-state index in [9.17, 15) is 30.2 Å². The maximum Gasteiger partial charge on any atom is 0.303 e. The van der Waals surface area contributed by atoms with Crippen LogP contribution in [0.4, 0.5) is 0 Å². The van der Waals surface area contributed by atoms with Crippen LogP contribution in [0.5, 0.6) is 0 Å². The lowest BCUT2D eigenvalue weighted by Crippen LogP contribution is -2.58. The Morgan fingerprint density at radius 1 is 1.30 bits per heavy atom. The van der Waals surface area contributed by atoms with Gasteiger partial charge in [-0.25, -0.2) is 5.32 Å². The van der Waals surface area contributed by atoms with Crippen LogP contribution in [-0.4, -0.2) is 51.1 Å². The fraction of sp³-hybridized carbons (Fsp3) is 0.500. The number of nitrogens with zero attached hydrogens (tertiary/aromatic N) is 2. The summed E-state index contributed by atoms with van der Waals surface area (Å²) in [5.74, 6) is -1.55. The minimum absolute atomic E-state index is 0.0553. The smallest absolute Gasteiger partial charge is 0.303 e. The van der Waals surface area contributed by atoms with E-state index in [1.165, 1.54) is 11.0 Å². The van der Waals surface area contributed by atoms with Gasteiger partial charge in [0.1, 0.15) is 6.23 Å². The molecule has 8 heteroatoms. The normalized spacial score (nSPS) is 22.8. The molecule has 8 nitrogen and oxygen atoms in total. The number of carboxylic acid groups (broad SMARTS) is 1. The molecule has 0 radical (unpaired) electrons. The highest BCUT2D eigenvalue weighted by Crippen LogP contribution is 2.50. The Labute approximate surface area is 175 Å². The van der Waals surface area contributed by atoms with Crippen LogP contribution in [0.15, 0.2) is 29.5 Å². The quantitative estimate of drug-likeness (QED) is 0.497. The van der Waals surface area contributed by atoms with Crippen molar-refractivity contribution in [2.24, 2.45) is 11.3 Å². The summed E-state index contributed by atoms with van der Waals surface area (Å²) >= 11 is 0. The molecule has 1 aromatic carbocycles. The van der Waals surface area contributed by atoms with Gasteiger partial charge >= 0.3 is 5.97 Å². The summed E-state index contributed by atoms with van der Waals surface area (Å²) in [6.07, 6.45) is -1.24. The second kappa shape index (κ2) is 8.19. The Bertz CT molecular complexity index is 943. The Morgan fingerprint density at radius 2 is 1.97 bits per heavy atom. The van der Waals surface area contributed by atoms with E-state index >= 15 is 0 Å². The molecule has 1 heterocycles. The number of carbonyl (C=O) groups excluding carboxylic acids is 1. The molecule has 1 fully saturated rings. The summed E-state index contributed by atoms with van der Waals surface area (Å²) in [5, 5.41) is 42.4. The number of Topliss-reactive ketones (excluding diaryl/α,β-unsaturated/α-hetero) is 1. The first kappa shape index (κ1) is 22.0. The number of rotatable bonds is 7. The number of aryl methyl sites for hydroxylation is 1. The van der Waals surface area contributed by atoms with Crippen LogP contribution >= 0.6 is 0 Å². The van der Waals surface area contributed by atoms with E-state index in [0.717, 1.165) is 5.56 Å². The van der Waals surface area contributed by atoms with Gasteiger partial charge in [0.05, 0.1) is 23.8 Å². The lowest BCUT2D eigenvalue weighted by Gasteiger charge is -2.42. The first-order valence-corrected chi connectivity index (χ1v) is 9.98. The number of carbonyl (C=O) groups is 2. The fourth-order valence-corrected chi connectivity index (χ4v) is 4.12. The molecule has 2 unspecified atom stereocenters. The lowest BCUT2D eigenvalue weighted by atomic mass is 9.90. The molecule has 0 aromatic heterocycles. The van der Waals surface area contributed by atoms with Crippen molar-refractivity contribution in [2.45, 2.75) is 52.6 Å². The van der Waals surface area contributed by atoms with Crippen LogP contribution in [0.1, 0.15) is 54.6 Å². The number of nitrogens with one attached hydrogen (secondary N) is 1. The Balaban J connectivity index is 2.09. The molecule has 1 saturated carbocycles. The van der Waals surface area contributed by atoms with Crippen molar-refractivity contribution < 1.29 is 24.9 Å². The Hall–Kier alpha value is -2.73. The summed E-state index contributed by atoms with van der Waals surface area (Å²) in [5.41, 5.74) is 1.45. The number of hydrogen-bond donors (Lipinski definition) is 4. The zero-order valence-electron chi connectivity index (χ0n) is 17.3. The van der Waals surface area contributed by atoms with Gasteiger partial charge in [0.15, 0.2) is 6.35 Å². The Kier molecular flexibility index (Phi) is 5.99. The van der Waals surface area contributed by atoms with Gasteiger partial charge in [0, 0.05) is 17.7 Å². The molecule has 0 spiro atoms. The first-order valence-electron chi connectivity index (χ1n) is 9.98. The molecule has 1 aliphatic heterocycles. The number of aliphatic carboxylic acids is 1. The van der Waals surface area contributed by atoms with Gasteiger partial charge in [-0.05, 0) is 54.9 Å². The van der Waals surface area contributed by atoms with E-state index < -0.39 is 29.7 Å². The van der Waals surface area contributed by atoms with Crippen molar-refractivity contribution in [1.82, 2.24) is 10.2 Å². The van der Waals surface area contributed by atoms with E-state index in [4.69, 9.17) is 0 Å². The van der Waals surface area contributed by atoms with E-state index in [1.54, 1.807) is 19.1 Å². The SMILES string of the molecule is Cc1cc(C#N)cc(C(=O)C2=C(C(C)C)C(O)NC(O)N2CC2(CC(=O)O)CC2)c1. The second-order valence-electron chi connectivity index (χ2n) is 8.63. The number of carboxylic acids is 1. The number of nitriles is 1. The minimum atomic E-state index is -1.34. The largest absolute Gasteiger partial charge is 0.481 e. The molecule has 2 atom stereocenters. The van der Waals surface area contributed by atoms with Crippen LogP contribution in [0.25, 0.3) is 0 Å². The van der Waals surface area contributed by atoms with Crippen molar-refractivity contribution in [2.75, 3.05) is 6.54 Å². The zero-order chi connectivity index (χ0) is 22.2. The molecule has 0 bridgehead atoms. The standard InChI is InChI=1S/C22H27N3O5/c1-12(2)17-18(19(28)15-7-13(3)6-14(8-15)10-23)25(21(30)24-20(17)29)11-22(4-5-22)9-16(26)27/h6-8,12,20-21,24,29-30H,4-5,9,11H2,1-3H3,(H,26,27). The van der Waals surface area contributed by atoms with Gasteiger partial charge < -0.3 is 20.2 Å². The third-order valence-electron chi connectivity index (χ3n) is 5.75. The molecule has 0 saturated heterocycles. The van der Waals surface area contributed by atoms with Crippen molar-refractivity contribution >= 4 is 11.8 Å². The lowest BCUT2D eigenvalue weighted by molar-refractivity contribution is -0.139. The predicted molar refractivity (Wildman–Crippen MR) is 108 cm³/mol. The fourth-order valence-electron chi connectivity index (χ4n) is 4.12. The topological polar surface area (TPSA) is 134 Å². The van der Waals surface area contributed by atoms with Crippen molar-refractivity contribution in [3.05, 3.63) is 46.2 Å². The van der Waals surface area contributed by atoms with Gasteiger partial charge in [-0.3, -0.25) is 9.59 Å². The summed E-state index contributed by atoms with van der Waals surface area (Å²) in [6, 6.07) is 6.86. The van der Waals surface area contributed by atoms with Gasteiger partial charge in [0.25, 0.3) is 0 Å². The van der Waals surface area contributed by atoms with Gasteiger partial charge in [0.2, 0.25) is 5.78 Å². The van der Waals surface area contributed by atoms with Crippen molar-refractivity contribution in [3.63, 3.8) is 0 Å². The number of allylic oxidation sites excluding steroid dienone is 1. The van der Waals surface area contributed by atoms with Crippen LogP contribution in [0.2, 0.25) is 0 Å². The molecular formula is C22H27N3O5. The van der Waals surface area contributed by atoms with E-state index in [2.05, 4.69) is 5.32 Å². The second-order valence-corrected chi connectivity index (χ2v) is 8.63. The third-order valence-corrected chi connectivity index (χ3v) is 5.75. The van der Waals surface area contributed by atoms with Crippen molar-refractivity contribution in [1.29, 1.82) is 5.26 Å². The van der Waals surface area contributed by atoms with E-state index in [0.29, 0.717) is 24.0 Å². The Morgan fingerprint density at radius 3 is 2.50 bits per heavy atom. The zero-order valence-corrected chi connectivity index (χ0v) is 17.3. The number of benzene rings is 1. The molecule has 30 heavy (non-hydrogen) atoms. The minimum Gasteiger partial charge on any atom is -0.481 e. The van der Waals surface area contributed by atoms with Crippen LogP contribution in [0.3, 0.4) is 0 Å². The number of aliphatic hydroxyl groups is 2. The van der Waals surface area contributed by atoms with E-state index in [-0.39, 0.29) is 30.1 Å². The summed E-state index contributed by atoms with van der Waals surface area (Å²) in [7, 11) is 0. The van der Waals surface area contributed by atoms with Gasteiger partial charge in [-0.1, -0.05) is 13.8 Å². The summed E-state index contributed by atoms with van der Waals surface area (Å²) in [4.78, 5) is 26.4. The predicted octanol–water partition coefficient (Wildman–Crippen LogP) is 1.71. The molecule has 2 aliphatic rings. The maximum absolute atomic E-state index is 13.6. The first-order chi connectivity index (χ1) is 14.1.